The maximum absolute atomic E-state index is 11.6. The van der Waals surface area contributed by atoms with Gasteiger partial charge in [0.25, 0.3) is 0 Å². The molecule has 0 aromatic heterocycles. The van der Waals surface area contributed by atoms with Gasteiger partial charge in [0.1, 0.15) is 0 Å². The van der Waals surface area contributed by atoms with Crippen molar-refractivity contribution in [3.05, 3.63) is 12.2 Å². The molecular formula is C14H25NO2. The van der Waals surface area contributed by atoms with Gasteiger partial charge in [0, 0.05) is 13.0 Å². The number of nitrogens with one attached hydrogen (secondary N) is 1. The Labute approximate surface area is 104 Å². The van der Waals surface area contributed by atoms with Crippen molar-refractivity contribution >= 4 is 5.91 Å². The smallest absolute Gasteiger partial charge is 0.220 e. The van der Waals surface area contributed by atoms with Crippen LogP contribution in [-0.4, -0.2) is 23.7 Å². The van der Waals surface area contributed by atoms with Gasteiger partial charge in [-0.1, -0.05) is 32.9 Å². The minimum atomic E-state index is -0.446. The number of aliphatic hydroxyl groups excluding tert-OH is 1. The van der Waals surface area contributed by atoms with E-state index in [1.807, 2.05) is 0 Å². The van der Waals surface area contributed by atoms with E-state index in [2.05, 4.69) is 38.2 Å². The number of amides is 1. The van der Waals surface area contributed by atoms with E-state index < -0.39 is 6.10 Å². The van der Waals surface area contributed by atoms with Gasteiger partial charge in [0.15, 0.2) is 0 Å². The molecule has 0 saturated heterocycles. The van der Waals surface area contributed by atoms with Crippen LogP contribution in [0.15, 0.2) is 12.2 Å². The van der Waals surface area contributed by atoms with E-state index in [-0.39, 0.29) is 11.3 Å². The van der Waals surface area contributed by atoms with E-state index in [0.717, 1.165) is 12.8 Å². The van der Waals surface area contributed by atoms with Crippen molar-refractivity contribution < 1.29 is 9.90 Å². The van der Waals surface area contributed by atoms with Crippen LogP contribution in [0, 0.1) is 11.3 Å². The summed E-state index contributed by atoms with van der Waals surface area (Å²) < 4.78 is 0. The molecule has 3 nitrogen and oxygen atoms in total. The molecule has 1 aliphatic carbocycles. The van der Waals surface area contributed by atoms with Gasteiger partial charge < -0.3 is 10.4 Å². The highest BCUT2D eigenvalue weighted by atomic mass is 16.3. The molecule has 0 bridgehead atoms. The van der Waals surface area contributed by atoms with E-state index >= 15 is 0 Å². The van der Waals surface area contributed by atoms with E-state index in [1.54, 1.807) is 0 Å². The summed E-state index contributed by atoms with van der Waals surface area (Å²) in [4.78, 5) is 11.6. The number of hydrogen-bond acceptors (Lipinski definition) is 2. The summed E-state index contributed by atoms with van der Waals surface area (Å²) in [5.41, 5.74) is 0.0956. The van der Waals surface area contributed by atoms with Gasteiger partial charge in [-0.3, -0.25) is 4.79 Å². The van der Waals surface area contributed by atoms with E-state index in [0.29, 0.717) is 25.3 Å². The summed E-state index contributed by atoms with van der Waals surface area (Å²) in [6.07, 6.45) is 7.23. The van der Waals surface area contributed by atoms with Crippen molar-refractivity contribution in [1.29, 1.82) is 0 Å². The third-order valence-electron chi connectivity index (χ3n) is 2.94. The van der Waals surface area contributed by atoms with E-state index in [9.17, 15) is 9.90 Å². The molecule has 0 radical (unpaired) electrons. The Balaban J connectivity index is 2.16. The first-order chi connectivity index (χ1) is 7.87. The minimum Gasteiger partial charge on any atom is -0.391 e. The molecule has 2 unspecified atom stereocenters. The fraction of sp³-hybridized carbons (Fsp3) is 0.786. The largest absolute Gasteiger partial charge is 0.391 e. The first-order valence-corrected chi connectivity index (χ1v) is 6.48. The Morgan fingerprint density at radius 3 is 2.76 bits per heavy atom. The summed E-state index contributed by atoms with van der Waals surface area (Å²) >= 11 is 0. The van der Waals surface area contributed by atoms with E-state index in [4.69, 9.17) is 0 Å². The van der Waals surface area contributed by atoms with Gasteiger partial charge >= 0.3 is 0 Å². The second kappa shape index (κ2) is 6.20. The molecule has 17 heavy (non-hydrogen) atoms. The molecule has 0 saturated carbocycles. The lowest BCUT2D eigenvalue weighted by molar-refractivity contribution is -0.122. The summed E-state index contributed by atoms with van der Waals surface area (Å²) in [6.45, 7) is 6.62. The molecule has 98 valence electrons. The zero-order chi connectivity index (χ0) is 12.9. The molecule has 1 rings (SSSR count). The quantitative estimate of drug-likeness (QED) is 0.723. The highest BCUT2D eigenvalue weighted by Gasteiger charge is 2.18. The second-order valence-corrected chi connectivity index (χ2v) is 6.19. The normalized spacial score (nSPS) is 21.5. The maximum Gasteiger partial charge on any atom is 0.220 e. The highest BCUT2D eigenvalue weighted by molar-refractivity contribution is 5.76. The molecular weight excluding hydrogens is 214 g/mol. The van der Waals surface area contributed by atoms with Crippen LogP contribution in [0.4, 0.5) is 0 Å². The Hall–Kier alpha value is -0.830. The van der Waals surface area contributed by atoms with Crippen molar-refractivity contribution in [3.63, 3.8) is 0 Å². The van der Waals surface area contributed by atoms with Crippen LogP contribution >= 0.6 is 0 Å². The predicted octanol–water partition coefficient (Wildman–Crippen LogP) is 2.26. The van der Waals surface area contributed by atoms with Gasteiger partial charge in [0.05, 0.1) is 6.10 Å². The van der Waals surface area contributed by atoms with Crippen LogP contribution in [0.25, 0.3) is 0 Å². The molecule has 3 heteroatoms. The van der Waals surface area contributed by atoms with Crippen LogP contribution in [0.3, 0.4) is 0 Å². The van der Waals surface area contributed by atoms with Crippen LogP contribution in [0.2, 0.25) is 0 Å². The molecule has 2 N–H and O–H groups in total. The summed E-state index contributed by atoms with van der Waals surface area (Å²) in [5.74, 6) is 0.448. The summed E-state index contributed by atoms with van der Waals surface area (Å²) in [7, 11) is 0. The number of aliphatic hydroxyl groups is 1. The Morgan fingerprint density at radius 1 is 1.53 bits per heavy atom. The van der Waals surface area contributed by atoms with E-state index in [1.165, 1.54) is 0 Å². The van der Waals surface area contributed by atoms with Gasteiger partial charge in [-0.25, -0.2) is 0 Å². The number of carbonyl (C=O) groups is 1. The topological polar surface area (TPSA) is 49.3 Å². The number of rotatable bonds is 5. The maximum atomic E-state index is 11.6. The molecule has 0 aromatic carbocycles. The zero-order valence-corrected chi connectivity index (χ0v) is 11.2. The number of carbonyl (C=O) groups excluding carboxylic acids is 1. The minimum absolute atomic E-state index is 0.0505. The lowest BCUT2D eigenvalue weighted by atomic mass is 9.89. The summed E-state index contributed by atoms with van der Waals surface area (Å²) in [6, 6.07) is 0. The first-order valence-electron chi connectivity index (χ1n) is 6.48. The highest BCUT2D eigenvalue weighted by Crippen LogP contribution is 2.21. The zero-order valence-electron chi connectivity index (χ0n) is 11.2. The molecule has 0 spiro atoms. The molecule has 1 amide bonds. The molecule has 0 heterocycles. The van der Waals surface area contributed by atoms with Gasteiger partial charge in [-0.2, -0.15) is 0 Å². The molecule has 0 aliphatic heterocycles. The Kier molecular flexibility index (Phi) is 5.19. The lowest BCUT2D eigenvalue weighted by Gasteiger charge is -2.22. The Morgan fingerprint density at radius 2 is 2.24 bits per heavy atom. The third-order valence-corrected chi connectivity index (χ3v) is 2.94. The van der Waals surface area contributed by atoms with Crippen molar-refractivity contribution in [2.24, 2.45) is 11.3 Å². The summed E-state index contributed by atoms with van der Waals surface area (Å²) in [5, 5.41) is 12.6. The van der Waals surface area contributed by atoms with Crippen molar-refractivity contribution in [2.75, 3.05) is 6.54 Å². The third kappa shape index (κ3) is 6.47. The fourth-order valence-corrected chi connectivity index (χ4v) is 2.19. The average molecular weight is 239 g/mol. The molecule has 1 aliphatic rings. The lowest BCUT2D eigenvalue weighted by Crippen LogP contribution is -2.34. The molecule has 2 atom stereocenters. The van der Waals surface area contributed by atoms with Crippen molar-refractivity contribution in [2.45, 2.75) is 52.6 Å². The first kappa shape index (κ1) is 14.2. The molecule has 0 aromatic rings. The van der Waals surface area contributed by atoms with Crippen molar-refractivity contribution in [3.8, 4) is 0 Å². The van der Waals surface area contributed by atoms with Crippen LogP contribution in [-0.2, 0) is 4.79 Å². The SMILES string of the molecule is CC(C)(C)CC(O)CNC(=O)CC1C=CCC1. The second-order valence-electron chi connectivity index (χ2n) is 6.19. The van der Waals surface area contributed by atoms with Gasteiger partial charge in [-0.15, -0.1) is 0 Å². The fourth-order valence-electron chi connectivity index (χ4n) is 2.19. The van der Waals surface area contributed by atoms with Crippen LogP contribution < -0.4 is 5.32 Å². The predicted molar refractivity (Wildman–Crippen MR) is 69.6 cm³/mol. The van der Waals surface area contributed by atoms with Gasteiger partial charge in [0.2, 0.25) is 5.91 Å². The van der Waals surface area contributed by atoms with Gasteiger partial charge in [-0.05, 0) is 30.6 Å². The number of allylic oxidation sites excluding steroid dienone is 2. The average Bonchev–Trinajstić information content (AvgIpc) is 2.64. The standard InChI is InChI=1S/C14H25NO2/c1-14(2,3)9-12(16)10-15-13(17)8-11-6-4-5-7-11/h4,6,11-12,16H,5,7-10H2,1-3H3,(H,15,17). The van der Waals surface area contributed by atoms with Crippen molar-refractivity contribution in [1.82, 2.24) is 5.32 Å². The monoisotopic (exact) mass is 239 g/mol. The molecule has 0 fully saturated rings. The number of hydrogen-bond donors (Lipinski definition) is 2. The van der Waals surface area contributed by atoms with Crippen LogP contribution in [0.1, 0.15) is 46.5 Å². The van der Waals surface area contributed by atoms with Crippen LogP contribution in [0.5, 0.6) is 0 Å². The Bertz CT molecular complexity index is 278.